The van der Waals surface area contributed by atoms with E-state index in [1.165, 1.54) is 41.0 Å². The Morgan fingerprint density at radius 3 is 1.21 bits per heavy atom. The van der Waals surface area contributed by atoms with Crippen molar-refractivity contribution in [3.05, 3.63) is 179 Å². The van der Waals surface area contributed by atoms with Gasteiger partial charge in [-0.05, 0) is 132 Å². The molecule has 0 saturated carbocycles. The number of aliphatic hydroxyl groups is 2. The summed E-state index contributed by atoms with van der Waals surface area (Å²) >= 11 is 0. The van der Waals surface area contributed by atoms with Crippen LogP contribution in [0.5, 0.6) is 0 Å². The molecule has 3 fully saturated rings. The summed E-state index contributed by atoms with van der Waals surface area (Å²) < 4.78 is 27.0. The monoisotopic (exact) mass is 844 g/mol. The van der Waals surface area contributed by atoms with Gasteiger partial charge in [-0.25, -0.2) is 8.78 Å². The van der Waals surface area contributed by atoms with Gasteiger partial charge in [0.1, 0.15) is 17.9 Å². The molecule has 0 unspecified atom stereocenters. The summed E-state index contributed by atoms with van der Waals surface area (Å²) in [5, 5.41) is 21.6. The number of carbonyl (C=O) groups excluding carboxylic acids is 1. The van der Waals surface area contributed by atoms with E-state index in [0.717, 1.165) is 64.4 Å². The van der Waals surface area contributed by atoms with Crippen molar-refractivity contribution in [2.45, 2.75) is 147 Å². The Kier molecular flexibility index (Phi) is 15.7. The molecule has 8 rings (SSSR count). The molecule has 0 spiro atoms. The molecule has 5 aromatic rings. The summed E-state index contributed by atoms with van der Waals surface area (Å²) in [4.78, 5) is 18.1. The van der Waals surface area contributed by atoms with Gasteiger partial charge in [-0.3, -0.25) is 14.7 Å². The lowest BCUT2D eigenvalue weighted by Gasteiger charge is -2.38. The fourth-order valence-electron chi connectivity index (χ4n) is 9.71. The van der Waals surface area contributed by atoms with E-state index in [1.54, 1.807) is 24.3 Å². The molecule has 2 N–H and O–H groups in total. The lowest BCUT2D eigenvalue weighted by Crippen LogP contribution is -2.44. The lowest BCUT2D eigenvalue weighted by molar-refractivity contribution is -0.112. The Balaban J connectivity index is 0.000000158. The maximum Gasteiger partial charge on any atom is 0.137 e. The van der Waals surface area contributed by atoms with Crippen molar-refractivity contribution in [3.8, 4) is 0 Å². The van der Waals surface area contributed by atoms with Crippen molar-refractivity contribution < 1.29 is 23.8 Å². The van der Waals surface area contributed by atoms with Gasteiger partial charge in [0.05, 0.1) is 18.2 Å². The van der Waals surface area contributed by atoms with Crippen molar-refractivity contribution in [3.63, 3.8) is 0 Å². The highest BCUT2D eigenvalue weighted by atomic mass is 19.1. The maximum absolute atomic E-state index is 13.5. The fraction of sp³-hybridized carbons (Fsp3) is 0.426. The molecule has 3 heterocycles. The fourth-order valence-corrected chi connectivity index (χ4v) is 9.71. The highest BCUT2D eigenvalue weighted by Gasteiger charge is 2.44. The number of halogens is 2. The Hall–Kier alpha value is -4.57. The molecular formula is C54H67F2N3O3. The molecule has 0 bridgehead atoms. The minimum absolute atomic E-state index is 0.00649. The van der Waals surface area contributed by atoms with Crippen molar-refractivity contribution in [1.82, 2.24) is 14.7 Å². The first-order valence-electron chi connectivity index (χ1n) is 22.3. The van der Waals surface area contributed by atoms with Gasteiger partial charge in [-0.15, -0.1) is 0 Å². The zero-order valence-electron chi connectivity index (χ0n) is 37.5. The molecule has 0 aromatic heterocycles. The van der Waals surface area contributed by atoms with Gasteiger partial charge in [0.15, 0.2) is 0 Å². The molecule has 3 aliphatic rings. The molecule has 62 heavy (non-hydrogen) atoms. The number of hydrogen-bond donors (Lipinski definition) is 2. The van der Waals surface area contributed by atoms with E-state index < -0.39 is 12.2 Å². The van der Waals surface area contributed by atoms with Gasteiger partial charge in [0.2, 0.25) is 0 Å². The quantitative estimate of drug-likeness (QED) is 0.129. The number of benzene rings is 5. The molecular weight excluding hydrogens is 777 g/mol. The van der Waals surface area contributed by atoms with E-state index in [0.29, 0.717) is 11.1 Å². The van der Waals surface area contributed by atoms with Crippen LogP contribution in [0.2, 0.25) is 0 Å². The summed E-state index contributed by atoms with van der Waals surface area (Å²) in [5.74, 6) is -0.596. The Labute approximate surface area is 369 Å². The predicted octanol–water partition coefficient (Wildman–Crippen LogP) is 11.2. The Morgan fingerprint density at radius 1 is 0.516 bits per heavy atom. The van der Waals surface area contributed by atoms with Crippen LogP contribution in [-0.2, 0) is 24.4 Å². The maximum atomic E-state index is 13.5. The zero-order valence-corrected chi connectivity index (χ0v) is 37.5. The number of aldehydes is 1. The standard InChI is InChI=1S/2C20H24FNO.C14H19NO/c2*1-20(2)12-11-18(19(23)16-9-6-10-17(21)13-16)22(20)14-15-7-4-3-5-8-15;1-14(2)9-8-13(11-16)15(14)10-12-6-4-3-5-7-12/h2*3-10,13,18-19,23H,11-12,14H2,1-2H3;3-7,11,13H,8-10H2,1-2H3/t18-,19+;18-,19-;13-/m111/s1. The van der Waals surface area contributed by atoms with Crippen LogP contribution in [0.4, 0.5) is 8.78 Å². The average Bonchev–Trinajstić information content (AvgIpc) is 3.85. The highest BCUT2D eigenvalue weighted by molar-refractivity contribution is 5.58. The van der Waals surface area contributed by atoms with Crippen molar-refractivity contribution in [1.29, 1.82) is 0 Å². The first kappa shape index (κ1) is 46.9. The van der Waals surface area contributed by atoms with E-state index in [4.69, 9.17) is 0 Å². The van der Waals surface area contributed by atoms with Gasteiger partial charge in [-0.1, -0.05) is 115 Å². The normalized spacial score (nSPS) is 22.8. The first-order chi connectivity index (χ1) is 29.6. The number of aliphatic hydroxyl groups excluding tert-OH is 2. The van der Waals surface area contributed by atoms with Crippen LogP contribution in [-0.4, -0.2) is 65.9 Å². The number of carbonyl (C=O) groups is 1. The molecule has 5 atom stereocenters. The van der Waals surface area contributed by atoms with Gasteiger partial charge in [0.25, 0.3) is 0 Å². The summed E-state index contributed by atoms with van der Waals surface area (Å²) in [6, 6.07) is 43.7. The van der Waals surface area contributed by atoms with Crippen molar-refractivity contribution in [2.24, 2.45) is 0 Å². The summed E-state index contributed by atoms with van der Waals surface area (Å²) in [6.45, 7) is 15.8. The second kappa shape index (κ2) is 20.7. The van der Waals surface area contributed by atoms with Crippen LogP contribution >= 0.6 is 0 Å². The third-order valence-electron chi connectivity index (χ3n) is 13.5. The minimum atomic E-state index is -0.670. The van der Waals surface area contributed by atoms with E-state index in [-0.39, 0.29) is 46.4 Å². The number of hydrogen-bond acceptors (Lipinski definition) is 6. The summed E-state index contributed by atoms with van der Waals surface area (Å²) in [5.41, 5.74) is 5.25. The zero-order chi connectivity index (χ0) is 44.5. The van der Waals surface area contributed by atoms with Crippen LogP contribution < -0.4 is 0 Å². The van der Waals surface area contributed by atoms with Gasteiger partial charge >= 0.3 is 0 Å². The second-order valence-corrected chi connectivity index (χ2v) is 19.2. The van der Waals surface area contributed by atoms with Gasteiger partial charge in [0, 0.05) is 48.3 Å². The molecule has 0 radical (unpaired) electrons. The molecule has 0 amide bonds. The van der Waals surface area contributed by atoms with E-state index in [1.807, 2.05) is 54.6 Å². The number of rotatable bonds is 11. The van der Waals surface area contributed by atoms with Crippen LogP contribution in [0.1, 0.15) is 120 Å². The molecule has 3 saturated heterocycles. The molecule has 0 aliphatic carbocycles. The molecule has 5 aromatic carbocycles. The summed E-state index contributed by atoms with van der Waals surface area (Å²) in [6.07, 6.45) is 5.72. The Bertz CT molecular complexity index is 2030. The van der Waals surface area contributed by atoms with E-state index in [9.17, 15) is 23.8 Å². The molecule has 3 aliphatic heterocycles. The van der Waals surface area contributed by atoms with E-state index in [2.05, 4.69) is 92.6 Å². The minimum Gasteiger partial charge on any atom is -0.387 e. The average molecular weight is 844 g/mol. The third kappa shape index (κ3) is 11.9. The van der Waals surface area contributed by atoms with Crippen molar-refractivity contribution >= 4 is 6.29 Å². The lowest BCUT2D eigenvalue weighted by atomic mass is 10.00. The van der Waals surface area contributed by atoms with Crippen LogP contribution in [0.25, 0.3) is 0 Å². The smallest absolute Gasteiger partial charge is 0.137 e. The second-order valence-electron chi connectivity index (χ2n) is 19.2. The molecule has 6 nitrogen and oxygen atoms in total. The number of likely N-dealkylation sites (tertiary alicyclic amines) is 3. The van der Waals surface area contributed by atoms with Gasteiger partial charge in [-0.2, -0.15) is 0 Å². The van der Waals surface area contributed by atoms with Crippen LogP contribution in [0.3, 0.4) is 0 Å². The summed E-state index contributed by atoms with van der Waals surface area (Å²) in [7, 11) is 0. The molecule has 8 heteroatoms. The molecule has 330 valence electrons. The Morgan fingerprint density at radius 2 is 0.855 bits per heavy atom. The third-order valence-corrected chi connectivity index (χ3v) is 13.5. The van der Waals surface area contributed by atoms with Crippen molar-refractivity contribution in [2.75, 3.05) is 0 Å². The highest BCUT2D eigenvalue weighted by Crippen LogP contribution is 2.42. The first-order valence-corrected chi connectivity index (χ1v) is 22.3. The SMILES string of the molecule is CC1(C)CC[C@H](C=O)N1Cc1ccccc1.CC1(C)CC[C@H]([C@@H](O)c2cccc(F)c2)N1Cc1ccccc1.CC1(C)CC[C@H]([C@H](O)c2cccc(F)c2)N1Cc1ccccc1. The number of nitrogens with zero attached hydrogens (tertiary/aromatic N) is 3. The predicted molar refractivity (Wildman–Crippen MR) is 246 cm³/mol. The topological polar surface area (TPSA) is 67.2 Å². The largest absolute Gasteiger partial charge is 0.387 e. The van der Waals surface area contributed by atoms with Crippen LogP contribution in [0, 0.1) is 11.6 Å². The van der Waals surface area contributed by atoms with Crippen LogP contribution in [0.15, 0.2) is 140 Å². The van der Waals surface area contributed by atoms with Gasteiger partial charge < -0.3 is 15.0 Å². The van der Waals surface area contributed by atoms with E-state index >= 15 is 0 Å².